The van der Waals surface area contributed by atoms with Crippen LogP contribution in [-0.2, 0) is 9.59 Å². The Morgan fingerprint density at radius 3 is 3.14 bits per heavy atom. The second-order valence-corrected chi connectivity index (χ2v) is 5.75. The fourth-order valence-corrected chi connectivity index (χ4v) is 2.86. The van der Waals surface area contributed by atoms with Crippen LogP contribution in [0.5, 0.6) is 0 Å². The Balaban J connectivity index is 1.68. The van der Waals surface area contributed by atoms with Gasteiger partial charge in [-0.3, -0.25) is 9.59 Å². The highest BCUT2D eigenvalue weighted by molar-refractivity contribution is 8.15. The number of aliphatic carboxylic acids is 1. The van der Waals surface area contributed by atoms with Gasteiger partial charge in [0.25, 0.3) is 0 Å². The molecular weight excluding hydrogens is 306 g/mol. The number of rotatable bonds is 4. The lowest BCUT2D eigenvalue weighted by Gasteiger charge is -1.97. The summed E-state index contributed by atoms with van der Waals surface area (Å²) in [6, 6.07) is 7.47. The van der Waals surface area contributed by atoms with Crippen molar-refractivity contribution >= 4 is 46.0 Å². The fraction of sp³-hybridized carbons (Fsp3) is 0.143. The zero-order valence-corrected chi connectivity index (χ0v) is 12.0. The molecule has 2 aromatic rings. The maximum Gasteiger partial charge on any atom is 0.305 e. The van der Waals surface area contributed by atoms with Gasteiger partial charge in [0.1, 0.15) is 10.8 Å². The summed E-state index contributed by atoms with van der Waals surface area (Å²) in [7, 11) is 0. The monoisotopic (exact) mass is 317 g/mol. The number of hydrogen-bond acceptors (Lipinski definition) is 6. The van der Waals surface area contributed by atoms with Crippen molar-refractivity contribution in [3.8, 4) is 0 Å². The lowest BCUT2D eigenvalue weighted by atomic mass is 10.2. The minimum atomic E-state index is -1.02. The Hall–Kier alpha value is -2.61. The zero-order chi connectivity index (χ0) is 15.5. The molecule has 1 unspecified atom stereocenters. The van der Waals surface area contributed by atoms with E-state index in [0.717, 1.165) is 28.3 Å². The smallest absolute Gasteiger partial charge is 0.305 e. The SMILES string of the molecule is O=C(O)CC1SC(=NN=Cc2ccc3ccoc3c2)NC1=O. The van der Waals surface area contributed by atoms with Gasteiger partial charge in [-0.2, -0.15) is 5.10 Å². The van der Waals surface area contributed by atoms with Gasteiger partial charge in [-0.15, -0.1) is 5.10 Å². The van der Waals surface area contributed by atoms with Crippen molar-refractivity contribution in [2.75, 3.05) is 0 Å². The fourth-order valence-electron chi connectivity index (χ4n) is 1.94. The quantitative estimate of drug-likeness (QED) is 0.661. The van der Waals surface area contributed by atoms with Gasteiger partial charge in [0.2, 0.25) is 5.91 Å². The second-order valence-electron chi connectivity index (χ2n) is 4.56. The number of carboxylic acid groups (broad SMARTS) is 1. The van der Waals surface area contributed by atoms with Crippen molar-refractivity contribution in [2.24, 2.45) is 10.2 Å². The molecule has 8 heteroatoms. The third kappa shape index (κ3) is 3.17. The van der Waals surface area contributed by atoms with E-state index in [4.69, 9.17) is 9.52 Å². The first-order chi connectivity index (χ1) is 10.6. The van der Waals surface area contributed by atoms with Crippen molar-refractivity contribution < 1.29 is 19.1 Å². The molecule has 0 spiro atoms. The number of amidine groups is 1. The van der Waals surface area contributed by atoms with E-state index in [0.29, 0.717) is 5.17 Å². The summed E-state index contributed by atoms with van der Waals surface area (Å²) in [4.78, 5) is 22.1. The topological polar surface area (TPSA) is 104 Å². The summed E-state index contributed by atoms with van der Waals surface area (Å²) < 4.78 is 5.29. The maximum absolute atomic E-state index is 11.5. The predicted octanol–water partition coefficient (Wildman–Crippen LogP) is 1.83. The largest absolute Gasteiger partial charge is 0.481 e. The summed E-state index contributed by atoms with van der Waals surface area (Å²) in [5.41, 5.74) is 1.56. The Morgan fingerprint density at radius 1 is 1.45 bits per heavy atom. The number of carbonyl (C=O) groups is 2. The first-order valence-corrected chi connectivity index (χ1v) is 7.27. The van der Waals surface area contributed by atoms with Crippen molar-refractivity contribution in [2.45, 2.75) is 11.7 Å². The lowest BCUT2D eigenvalue weighted by Crippen LogP contribution is -2.26. The average Bonchev–Trinajstić information content (AvgIpc) is 3.05. The molecule has 1 saturated heterocycles. The van der Waals surface area contributed by atoms with Gasteiger partial charge in [-0.1, -0.05) is 23.9 Å². The summed E-state index contributed by atoms with van der Waals surface area (Å²) in [6.45, 7) is 0. The Morgan fingerprint density at radius 2 is 2.32 bits per heavy atom. The number of carbonyl (C=O) groups excluding carboxylic acids is 1. The molecule has 0 radical (unpaired) electrons. The van der Waals surface area contributed by atoms with Gasteiger partial charge < -0.3 is 14.8 Å². The second kappa shape index (κ2) is 6.02. The van der Waals surface area contributed by atoms with E-state index in [1.54, 1.807) is 6.26 Å². The summed E-state index contributed by atoms with van der Waals surface area (Å²) in [5.74, 6) is -1.39. The van der Waals surface area contributed by atoms with Crippen LogP contribution in [0.3, 0.4) is 0 Å². The molecule has 7 nitrogen and oxygen atoms in total. The molecule has 2 heterocycles. The van der Waals surface area contributed by atoms with Crippen molar-refractivity contribution in [1.82, 2.24) is 5.32 Å². The number of fused-ring (bicyclic) bond motifs is 1. The first kappa shape index (κ1) is 14.3. The highest BCUT2D eigenvalue weighted by Gasteiger charge is 2.32. The highest BCUT2D eigenvalue weighted by atomic mass is 32.2. The molecule has 0 bridgehead atoms. The first-order valence-electron chi connectivity index (χ1n) is 6.39. The van der Waals surface area contributed by atoms with Crippen LogP contribution < -0.4 is 5.32 Å². The van der Waals surface area contributed by atoms with Gasteiger partial charge in [-0.25, -0.2) is 0 Å². The summed E-state index contributed by atoms with van der Waals surface area (Å²) >= 11 is 1.06. The maximum atomic E-state index is 11.5. The average molecular weight is 317 g/mol. The molecule has 1 atom stereocenters. The number of hydrogen-bond donors (Lipinski definition) is 2. The molecule has 3 rings (SSSR count). The molecule has 1 amide bonds. The number of nitrogens with one attached hydrogen (secondary N) is 1. The van der Waals surface area contributed by atoms with Gasteiger partial charge in [-0.05, 0) is 17.7 Å². The third-order valence-electron chi connectivity index (χ3n) is 2.97. The minimum Gasteiger partial charge on any atom is -0.481 e. The van der Waals surface area contributed by atoms with Crippen molar-refractivity contribution in [1.29, 1.82) is 0 Å². The van der Waals surface area contributed by atoms with Crippen LogP contribution in [0.1, 0.15) is 12.0 Å². The van der Waals surface area contributed by atoms with E-state index in [-0.39, 0.29) is 12.3 Å². The molecule has 1 aliphatic heterocycles. The minimum absolute atomic E-state index is 0.242. The Kier molecular flexibility index (Phi) is 3.92. The molecule has 2 N–H and O–H groups in total. The zero-order valence-electron chi connectivity index (χ0n) is 11.2. The molecule has 0 saturated carbocycles. The van der Waals surface area contributed by atoms with Crippen LogP contribution in [0.4, 0.5) is 0 Å². The summed E-state index contributed by atoms with van der Waals surface area (Å²) in [5, 5.41) is 19.6. The van der Waals surface area contributed by atoms with Crippen LogP contribution in [0.25, 0.3) is 11.0 Å². The molecule has 22 heavy (non-hydrogen) atoms. The van der Waals surface area contributed by atoms with Gasteiger partial charge >= 0.3 is 5.97 Å². The number of carboxylic acids is 1. The van der Waals surface area contributed by atoms with Gasteiger partial charge in [0.15, 0.2) is 5.17 Å². The lowest BCUT2D eigenvalue weighted by molar-refractivity contribution is -0.138. The molecule has 1 fully saturated rings. The molecular formula is C14H11N3O4S. The van der Waals surface area contributed by atoms with E-state index in [1.807, 2.05) is 24.3 Å². The van der Waals surface area contributed by atoms with E-state index in [9.17, 15) is 9.59 Å². The number of nitrogens with zero attached hydrogens (tertiary/aromatic N) is 2. The molecule has 0 aliphatic carbocycles. The predicted molar refractivity (Wildman–Crippen MR) is 83.0 cm³/mol. The standard InChI is InChI=1S/C14H11N3O4S/c18-12(19)6-11-13(20)16-14(22-11)17-15-7-8-1-2-9-3-4-21-10(9)5-8/h1-5,7,11H,6H2,(H,18,19)(H,16,17,20). The van der Waals surface area contributed by atoms with Crippen LogP contribution in [0, 0.1) is 0 Å². The number of amides is 1. The van der Waals surface area contributed by atoms with E-state index < -0.39 is 11.2 Å². The van der Waals surface area contributed by atoms with Crippen molar-refractivity contribution in [3.63, 3.8) is 0 Å². The van der Waals surface area contributed by atoms with Crippen LogP contribution >= 0.6 is 11.8 Å². The van der Waals surface area contributed by atoms with E-state index in [2.05, 4.69) is 15.5 Å². The van der Waals surface area contributed by atoms with Gasteiger partial charge in [0.05, 0.1) is 18.9 Å². The van der Waals surface area contributed by atoms with Crippen LogP contribution in [0.2, 0.25) is 0 Å². The number of thioether (sulfide) groups is 1. The van der Waals surface area contributed by atoms with Crippen LogP contribution in [-0.4, -0.2) is 33.6 Å². The molecule has 1 aromatic carbocycles. The number of furan rings is 1. The highest BCUT2D eigenvalue weighted by Crippen LogP contribution is 2.22. The van der Waals surface area contributed by atoms with Crippen molar-refractivity contribution in [3.05, 3.63) is 36.1 Å². The molecule has 1 aromatic heterocycles. The van der Waals surface area contributed by atoms with E-state index in [1.165, 1.54) is 6.21 Å². The summed E-state index contributed by atoms with van der Waals surface area (Å²) in [6.07, 6.45) is 2.90. The Labute approximate surface area is 129 Å². The Bertz CT molecular complexity index is 796. The molecule has 1 aliphatic rings. The van der Waals surface area contributed by atoms with Crippen LogP contribution in [0.15, 0.2) is 45.1 Å². The van der Waals surface area contributed by atoms with E-state index >= 15 is 0 Å². The third-order valence-corrected chi connectivity index (χ3v) is 4.04. The molecule has 112 valence electrons. The van der Waals surface area contributed by atoms with Gasteiger partial charge in [0, 0.05) is 5.39 Å². The number of benzene rings is 1. The normalized spacial score (nSPS) is 20.1.